The summed E-state index contributed by atoms with van der Waals surface area (Å²) in [6.45, 7) is 4.73. The minimum absolute atomic E-state index is 0.408. The Morgan fingerprint density at radius 2 is 2.12 bits per heavy atom. The van der Waals surface area contributed by atoms with Crippen molar-refractivity contribution in [2.45, 2.75) is 32.4 Å². The van der Waals surface area contributed by atoms with Gasteiger partial charge in [-0.25, -0.2) is 4.98 Å². The van der Waals surface area contributed by atoms with Crippen LogP contribution in [0.1, 0.15) is 24.1 Å². The van der Waals surface area contributed by atoms with E-state index in [0.29, 0.717) is 18.5 Å². The van der Waals surface area contributed by atoms with E-state index in [4.69, 9.17) is 4.42 Å². The van der Waals surface area contributed by atoms with E-state index in [9.17, 15) is 0 Å². The molecule has 1 saturated heterocycles. The van der Waals surface area contributed by atoms with Gasteiger partial charge in [0, 0.05) is 37.4 Å². The molecule has 26 heavy (non-hydrogen) atoms. The molecule has 1 fully saturated rings. The van der Waals surface area contributed by atoms with Crippen LogP contribution in [0.3, 0.4) is 0 Å². The van der Waals surface area contributed by atoms with E-state index >= 15 is 0 Å². The topological polar surface area (TPSA) is 67.1 Å². The Bertz CT molecular complexity index is 831. The van der Waals surface area contributed by atoms with Gasteiger partial charge in [0.2, 0.25) is 5.89 Å². The van der Waals surface area contributed by atoms with Crippen molar-refractivity contribution in [3.63, 3.8) is 0 Å². The number of benzene rings is 1. The average molecular weight is 349 g/mol. The van der Waals surface area contributed by atoms with E-state index < -0.39 is 0 Å². The smallest absolute Gasteiger partial charge is 0.226 e. The fraction of sp³-hybridized carbons (Fsp3) is 0.350. The number of rotatable bonds is 5. The van der Waals surface area contributed by atoms with Crippen molar-refractivity contribution in [3.8, 4) is 11.5 Å². The fourth-order valence-electron chi connectivity index (χ4n) is 3.28. The van der Waals surface area contributed by atoms with E-state index in [1.165, 1.54) is 5.56 Å². The molecule has 0 radical (unpaired) electrons. The normalized spacial score (nSPS) is 17.4. The van der Waals surface area contributed by atoms with Gasteiger partial charge in [-0.2, -0.15) is 5.10 Å². The molecule has 1 aliphatic heterocycles. The highest BCUT2D eigenvalue weighted by atomic mass is 16.3. The quantitative estimate of drug-likeness (QED) is 0.763. The van der Waals surface area contributed by atoms with Crippen molar-refractivity contribution < 1.29 is 4.42 Å². The Hall–Kier alpha value is -2.73. The molecule has 3 aromatic rings. The van der Waals surface area contributed by atoms with Crippen molar-refractivity contribution in [3.05, 3.63) is 60.1 Å². The van der Waals surface area contributed by atoms with Crippen molar-refractivity contribution in [2.24, 2.45) is 0 Å². The molecule has 1 aliphatic rings. The molecule has 0 aliphatic carbocycles. The molecule has 0 amide bonds. The molecule has 0 bridgehead atoms. The minimum Gasteiger partial charge on any atom is -0.444 e. The summed E-state index contributed by atoms with van der Waals surface area (Å²) in [5, 5.41) is 11.8. The lowest BCUT2D eigenvalue weighted by molar-refractivity contribution is 0.417. The summed E-state index contributed by atoms with van der Waals surface area (Å²) in [5.74, 6) is 1.62. The van der Waals surface area contributed by atoms with Gasteiger partial charge in [-0.1, -0.05) is 17.7 Å². The maximum atomic E-state index is 5.64. The maximum absolute atomic E-state index is 5.64. The summed E-state index contributed by atoms with van der Waals surface area (Å²) >= 11 is 0. The molecule has 2 aromatic heterocycles. The van der Waals surface area contributed by atoms with Crippen LogP contribution < -0.4 is 10.2 Å². The zero-order valence-corrected chi connectivity index (χ0v) is 14.9. The van der Waals surface area contributed by atoms with Crippen LogP contribution in [-0.4, -0.2) is 34.3 Å². The van der Waals surface area contributed by atoms with Gasteiger partial charge in [0.05, 0.1) is 5.69 Å². The first kappa shape index (κ1) is 16.7. The van der Waals surface area contributed by atoms with Crippen LogP contribution in [0.2, 0.25) is 0 Å². The number of nitrogens with zero attached hydrogens (tertiary/aromatic N) is 4. The Kier molecular flexibility index (Phi) is 4.93. The second-order valence-corrected chi connectivity index (χ2v) is 6.76. The fourth-order valence-corrected chi connectivity index (χ4v) is 3.28. The lowest BCUT2D eigenvalue weighted by Crippen LogP contribution is -2.45. The van der Waals surface area contributed by atoms with Crippen molar-refractivity contribution in [1.29, 1.82) is 0 Å². The number of piperidine rings is 1. The Morgan fingerprint density at radius 3 is 2.92 bits per heavy atom. The minimum atomic E-state index is 0.408. The molecule has 4 rings (SSSR count). The number of aryl methyl sites for hydroxylation is 1. The van der Waals surface area contributed by atoms with Gasteiger partial charge in [-0.15, -0.1) is 5.10 Å². The summed E-state index contributed by atoms with van der Waals surface area (Å²) in [6, 6.07) is 12.6. The van der Waals surface area contributed by atoms with Gasteiger partial charge in [-0.05, 0) is 44.0 Å². The van der Waals surface area contributed by atoms with Crippen LogP contribution in [0.25, 0.3) is 11.5 Å². The molecule has 134 valence electrons. The van der Waals surface area contributed by atoms with E-state index in [1.807, 2.05) is 24.3 Å². The zero-order valence-electron chi connectivity index (χ0n) is 14.9. The number of aromatic nitrogens is 3. The predicted octanol–water partition coefficient (Wildman–Crippen LogP) is 3.20. The van der Waals surface area contributed by atoms with Crippen LogP contribution in [0.15, 0.2) is 53.3 Å². The van der Waals surface area contributed by atoms with Gasteiger partial charge in [0.1, 0.15) is 6.26 Å². The third-order valence-corrected chi connectivity index (χ3v) is 4.73. The first-order valence-corrected chi connectivity index (χ1v) is 9.05. The van der Waals surface area contributed by atoms with E-state index in [1.54, 1.807) is 12.5 Å². The molecule has 3 heterocycles. The molecule has 0 spiro atoms. The Labute approximate surface area is 153 Å². The highest BCUT2D eigenvalue weighted by Crippen LogP contribution is 2.20. The van der Waals surface area contributed by atoms with E-state index in [2.05, 4.69) is 44.5 Å². The second-order valence-electron chi connectivity index (χ2n) is 6.76. The molecule has 1 atom stereocenters. The van der Waals surface area contributed by atoms with Crippen LogP contribution in [0.4, 0.5) is 5.82 Å². The number of oxazole rings is 1. The molecule has 0 unspecified atom stereocenters. The highest BCUT2D eigenvalue weighted by Gasteiger charge is 2.21. The summed E-state index contributed by atoms with van der Waals surface area (Å²) in [7, 11) is 0. The van der Waals surface area contributed by atoms with Crippen LogP contribution in [0.5, 0.6) is 0 Å². The number of nitrogens with one attached hydrogen (secondary N) is 1. The zero-order chi connectivity index (χ0) is 17.8. The Balaban J connectivity index is 1.35. The number of anilines is 1. The SMILES string of the molecule is Cc1ccc(-c2nc(CN[C@@H]3CCCN(c4cccnn4)C3)co2)cc1. The van der Waals surface area contributed by atoms with E-state index in [-0.39, 0.29) is 0 Å². The average Bonchev–Trinajstić information content (AvgIpc) is 3.17. The van der Waals surface area contributed by atoms with Gasteiger partial charge in [0.15, 0.2) is 5.82 Å². The number of hydrogen-bond donors (Lipinski definition) is 1. The van der Waals surface area contributed by atoms with Gasteiger partial charge >= 0.3 is 0 Å². The standard InChI is InChI=1S/C20H23N5O/c1-15-6-8-16(9-7-15)20-23-18(14-26-20)12-21-17-4-3-11-25(13-17)19-5-2-10-22-24-19/h2,5-10,14,17,21H,3-4,11-13H2,1H3/t17-/m1/s1. The predicted molar refractivity (Wildman–Crippen MR) is 101 cm³/mol. The van der Waals surface area contributed by atoms with Gasteiger partial charge in [-0.3, -0.25) is 0 Å². The molecule has 0 saturated carbocycles. The summed E-state index contributed by atoms with van der Waals surface area (Å²) in [6.07, 6.45) is 5.74. The number of hydrogen-bond acceptors (Lipinski definition) is 6. The largest absolute Gasteiger partial charge is 0.444 e. The molecule has 1 N–H and O–H groups in total. The van der Waals surface area contributed by atoms with Crippen molar-refractivity contribution in [2.75, 3.05) is 18.0 Å². The Morgan fingerprint density at radius 1 is 1.23 bits per heavy atom. The van der Waals surface area contributed by atoms with Crippen molar-refractivity contribution >= 4 is 5.82 Å². The maximum Gasteiger partial charge on any atom is 0.226 e. The molecular weight excluding hydrogens is 326 g/mol. The lowest BCUT2D eigenvalue weighted by Gasteiger charge is -2.33. The van der Waals surface area contributed by atoms with Gasteiger partial charge in [0.25, 0.3) is 0 Å². The summed E-state index contributed by atoms with van der Waals surface area (Å²) < 4.78 is 5.64. The van der Waals surface area contributed by atoms with Gasteiger partial charge < -0.3 is 14.6 Å². The molecule has 6 heteroatoms. The summed E-state index contributed by atoms with van der Waals surface area (Å²) in [5.41, 5.74) is 3.16. The second kappa shape index (κ2) is 7.66. The lowest BCUT2D eigenvalue weighted by atomic mass is 10.1. The van der Waals surface area contributed by atoms with Crippen LogP contribution in [0, 0.1) is 6.92 Å². The summed E-state index contributed by atoms with van der Waals surface area (Å²) in [4.78, 5) is 6.89. The third-order valence-electron chi connectivity index (χ3n) is 4.73. The molecule has 1 aromatic carbocycles. The highest BCUT2D eigenvalue weighted by molar-refractivity contribution is 5.53. The van der Waals surface area contributed by atoms with Crippen molar-refractivity contribution in [1.82, 2.24) is 20.5 Å². The molecule has 6 nitrogen and oxygen atoms in total. The first-order chi connectivity index (χ1) is 12.8. The van der Waals surface area contributed by atoms with Crippen LogP contribution >= 0.6 is 0 Å². The van der Waals surface area contributed by atoms with Crippen LogP contribution in [-0.2, 0) is 6.54 Å². The first-order valence-electron chi connectivity index (χ1n) is 9.05. The monoisotopic (exact) mass is 349 g/mol. The molecular formula is C20H23N5O. The third kappa shape index (κ3) is 3.91. The van der Waals surface area contributed by atoms with E-state index in [0.717, 1.165) is 43.0 Å².